The number of hydrogen-bond donors (Lipinski definition) is 1. The summed E-state index contributed by atoms with van der Waals surface area (Å²) in [6.07, 6.45) is -4.46. The Kier molecular flexibility index (Phi) is 5.02. The summed E-state index contributed by atoms with van der Waals surface area (Å²) in [5.74, 6) is -1.10. The summed E-state index contributed by atoms with van der Waals surface area (Å²) >= 11 is 0. The first-order valence-corrected chi connectivity index (χ1v) is 8.04. The van der Waals surface area contributed by atoms with Crippen molar-refractivity contribution in [3.8, 4) is 0 Å². The Labute approximate surface area is 152 Å². The van der Waals surface area contributed by atoms with Gasteiger partial charge in [-0.25, -0.2) is 9.18 Å². The van der Waals surface area contributed by atoms with Crippen molar-refractivity contribution in [2.75, 3.05) is 29.9 Å². The highest BCUT2D eigenvalue weighted by molar-refractivity contribution is 5.99. The Hall–Kier alpha value is -3.10. The molecule has 0 spiro atoms. The van der Waals surface area contributed by atoms with E-state index in [1.165, 1.54) is 28.0 Å². The third kappa shape index (κ3) is 4.18. The molecule has 3 rings (SSSR count). The van der Waals surface area contributed by atoms with Gasteiger partial charge in [-0.1, -0.05) is 12.1 Å². The molecule has 3 amide bonds. The van der Waals surface area contributed by atoms with E-state index < -0.39 is 29.5 Å². The van der Waals surface area contributed by atoms with Crippen molar-refractivity contribution in [1.82, 2.24) is 4.90 Å². The van der Waals surface area contributed by atoms with Gasteiger partial charge in [0.2, 0.25) is 5.91 Å². The molecule has 1 N–H and O–H groups in total. The van der Waals surface area contributed by atoms with Gasteiger partial charge in [-0.3, -0.25) is 9.69 Å². The fraction of sp³-hybridized carbons (Fsp3) is 0.222. The molecule has 5 nitrogen and oxygen atoms in total. The van der Waals surface area contributed by atoms with Crippen LogP contribution >= 0.6 is 0 Å². The zero-order valence-corrected chi connectivity index (χ0v) is 14.0. The van der Waals surface area contributed by atoms with Crippen LogP contribution < -0.4 is 10.2 Å². The minimum atomic E-state index is -4.46. The standard InChI is InChI=1S/C18H15F4N3O2/c19-14-3-1-2-4-15(14)25-10-9-24(17(25)27)11-16(26)23-13-7-5-12(6-8-13)18(20,21)22/h1-8H,9-11H2,(H,23,26). The van der Waals surface area contributed by atoms with Crippen molar-refractivity contribution in [3.05, 3.63) is 59.9 Å². The molecule has 1 heterocycles. The SMILES string of the molecule is O=C(CN1CCN(c2ccccc2F)C1=O)Nc1ccc(C(F)(F)F)cc1. The van der Waals surface area contributed by atoms with Crippen LogP contribution in [0.5, 0.6) is 0 Å². The molecule has 0 aromatic heterocycles. The quantitative estimate of drug-likeness (QED) is 0.821. The molecule has 0 saturated carbocycles. The number of carbonyl (C=O) groups is 2. The minimum absolute atomic E-state index is 0.133. The van der Waals surface area contributed by atoms with Gasteiger partial charge in [0, 0.05) is 18.8 Å². The molecule has 142 valence electrons. The second kappa shape index (κ2) is 7.26. The number of anilines is 2. The second-order valence-electron chi connectivity index (χ2n) is 5.93. The van der Waals surface area contributed by atoms with Gasteiger partial charge in [0.15, 0.2) is 0 Å². The monoisotopic (exact) mass is 381 g/mol. The number of nitrogens with one attached hydrogen (secondary N) is 1. The zero-order valence-electron chi connectivity index (χ0n) is 14.0. The molecule has 0 bridgehead atoms. The molecule has 2 aromatic rings. The molecule has 1 fully saturated rings. The van der Waals surface area contributed by atoms with E-state index in [4.69, 9.17) is 0 Å². The summed E-state index contributed by atoms with van der Waals surface area (Å²) in [6.45, 7) is 0.172. The van der Waals surface area contributed by atoms with Crippen LogP contribution in [0.1, 0.15) is 5.56 Å². The lowest BCUT2D eigenvalue weighted by Crippen LogP contribution is -2.37. The summed E-state index contributed by atoms with van der Waals surface area (Å²) in [5, 5.41) is 2.44. The highest BCUT2D eigenvalue weighted by atomic mass is 19.4. The Bertz CT molecular complexity index is 852. The van der Waals surface area contributed by atoms with Crippen LogP contribution in [0.25, 0.3) is 0 Å². The molecule has 0 aliphatic carbocycles. The topological polar surface area (TPSA) is 52.7 Å². The lowest BCUT2D eigenvalue weighted by atomic mass is 10.2. The first kappa shape index (κ1) is 18.7. The first-order valence-electron chi connectivity index (χ1n) is 8.04. The normalized spacial score (nSPS) is 14.6. The highest BCUT2D eigenvalue weighted by Gasteiger charge is 2.32. The Morgan fingerprint density at radius 1 is 1.04 bits per heavy atom. The maximum Gasteiger partial charge on any atom is 0.416 e. The number of halogens is 4. The van der Waals surface area contributed by atoms with Crippen LogP contribution in [-0.4, -0.2) is 36.5 Å². The summed E-state index contributed by atoms with van der Waals surface area (Å²) in [7, 11) is 0. The molecule has 0 atom stereocenters. The minimum Gasteiger partial charge on any atom is -0.325 e. The van der Waals surface area contributed by atoms with Crippen molar-refractivity contribution in [2.24, 2.45) is 0 Å². The Morgan fingerprint density at radius 3 is 2.33 bits per heavy atom. The van der Waals surface area contributed by atoms with Crippen LogP contribution in [0.4, 0.5) is 33.7 Å². The van der Waals surface area contributed by atoms with E-state index in [0.717, 1.165) is 24.3 Å². The number of alkyl halides is 3. The van der Waals surface area contributed by atoms with E-state index in [1.807, 2.05) is 0 Å². The average molecular weight is 381 g/mol. The van der Waals surface area contributed by atoms with E-state index in [0.29, 0.717) is 0 Å². The van der Waals surface area contributed by atoms with Crippen LogP contribution in [0.3, 0.4) is 0 Å². The van der Waals surface area contributed by atoms with Crippen molar-refractivity contribution in [2.45, 2.75) is 6.18 Å². The summed E-state index contributed by atoms with van der Waals surface area (Å²) in [6, 6.07) is 9.30. The third-order valence-electron chi connectivity index (χ3n) is 4.07. The number of para-hydroxylation sites is 1. The van der Waals surface area contributed by atoms with Crippen molar-refractivity contribution >= 4 is 23.3 Å². The summed E-state index contributed by atoms with van der Waals surface area (Å²) < 4.78 is 51.5. The largest absolute Gasteiger partial charge is 0.416 e. The molecule has 0 unspecified atom stereocenters. The molecule has 1 aliphatic rings. The van der Waals surface area contributed by atoms with Gasteiger partial charge in [-0.15, -0.1) is 0 Å². The maximum atomic E-state index is 13.8. The van der Waals surface area contributed by atoms with Crippen molar-refractivity contribution in [1.29, 1.82) is 0 Å². The van der Waals surface area contributed by atoms with Crippen LogP contribution in [0, 0.1) is 5.82 Å². The average Bonchev–Trinajstić information content (AvgIpc) is 2.95. The fourth-order valence-electron chi connectivity index (χ4n) is 2.74. The highest BCUT2D eigenvalue weighted by Crippen LogP contribution is 2.30. The van der Waals surface area contributed by atoms with Crippen LogP contribution in [0.15, 0.2) is 48.5 Å². The fourth-order valence-corrected chi connectivity index (χ4v) is 2.74. The molecule has 1 saturated heterocycles. The lowest BCUT2D eigenvalue weighted by Gasteiger charge is -2.19. The molecular weight excluding hydrogens is 366 g/mol. The molecule has 27 heavy (non-hydrogen) atoms. The Morgan fingerprint density at radius 2 is 1.70 bits per heavy atom. The lowest BCUT2D eigenvalue weighted by molar-refractivity contribution is -0.137. The van der Waals surface area contributed by atoms with Crippen LogP contribution in [0.2, 0.25) is 0 Å². The van der Waals surface area contributed by atoms with Gasteiger partial charge in [0.05, 0.1) is 11.3 Å². The number of carbonyl (C=O) groups excluding carboxylic acids is 2. The zero-order chi connectivity index (χ0) is 19.6. The van der Waals surface area contributed by atoms with Gasteiger partial charge in [-0.05, 0) is 36.4 Å². The van der Waals surface area contributed by atoms with E-state index in [1.54, 1.807) is 6.07 Å². The van der Waals surface area contributed by atoms with Crippen molar-refractivity contribution in [3.63, 3.8) is 0 Å². The third-order valence-corrected chi connectivity index (χ3v) is 4.07. The van der Waals surface area contributed by atoms with Crippen LogP contribution in [-0.2, 0) is 11.0 Å². The molecule has 9 heteroatoms. The number of hydrogen-bond acceptors (Lipinski definition) is 2. The van der Waals surface area contributed by atoms with Gasteiger partial charge >= 0.3 is 12.2 Å². The van der Waals surface area contributed by atoms with Gasteiger partial charge in [0.1, 0.15) is 12.4 Å². The van der Waals surface area contributed by atoms with E-state index in [2.05, 4.69) is 5.32 Å². The summed E-state index contributed by atoms with van der Waals surface area (Å²) in [4.78, 5) is 26.9. The molecular formula is C18H15F4N3O2. The van der Waals surface area contributed by atoms with Gasteiger partial charge < -0.3 is 10.2 Å². The van der Waals surface area contributed by atoms with E-state index in [9.17, 15) is 27.2 Å². The van der Waals surface area contributed by atoms with E-state index in [-0.39, 0.29) is 31.0 Å². The van der Waals surface area contributed by atoms with Gasteiger partial charge in [0.25, 0.3) is 0 Å². The molecule has 1 aliphatic heterocycles. The predicted octanol–water partition coefficient (Wildman–Crippen LogP) is 3.73. The Balaban J connectivity index is 1.60. The van der Waals surface area contributed by atoms with Gasteiger partial charge in [-0.2, -0.15) is 13.2 Å². The maximum absolute atomic E-state index is 13.8. The second-order valence-corrected chi connectivity index (χ2v) is 5.93. The smallest absolute Gasteiger partial charge is 0.325 e. The van der Waals surface area contributed by atoms with E-state index >= 15 is 0 Å². The number of benzene rings is 2. The first-order chi connectivity index (χ1) is 12.8. The number of urea groups is 1. The number of nitrogens with zero attached hydrogens (tertiary/aromatic N) is 2. The summed E-state index contributed by atoms with van der Waals surface area (Å²) in [5.41, 5.74) is -0.505. The number of rotatable bonds is 4. The molecule has 2 aromatic carbocycles. The predicted molar refractivity (Wildman–Crippen MR) is 90.8 cm³/mol. The number of amides is 3. The molecule has 0 radical (unpaired) electrons. The van der Waals surface area contributed by atoms with Crippen molar-refractivity contribution < 1.29 is 27.2 Å².